The molecular weight excluding hydrogens is 232 g/mol. The van der Waals surface area contributed by atoms with Gasteiger partial charge in [-0.1, -0.05) is 17.7 Å². The predicted molar refractivity (Wildman–Crippen MR) is 59.2 cm³/mol. The molecule has 1 heterocycles. The fourth-order valence-corrected chi connectivity index (χ4v) is 1.15. The van der Waals surface area contributed by atoms with Crippen LogP contribution in [0.2, 0.25) is 5.15 Å². The Labute approximate surface area is 97.2 Å². The lowest BCUT2D eigenvalue weighted by atomic mass is 10.3. The predicted octanol–water partition coefficient (Wildman–Crippen LogP) is 0.133. The van der Waals surface area contributed by atoms with Gasteiger partial charge in [0.1, 0.15) is 10.8 Å². The van der Waals surface area contributed by atoms with Crippen molar-refractivity contribution in [3.8, 4) is 0 Å². The molecule has 3 amide bonds. The summed E-state index contributed by atoms with van der Waals surface area (Å²) in [6.07, 6.45) is 0. The van der Waals surface area contributed by atoms with E-state index in [9.17, 15) is 9.59 Å². The molecule has 4 N–H and O–H groups in total. The zero-order valence-electron chi connectivity index (χ0n) is 8.37. The lowest BCUT2D eigenvalue weighted by molar-refractivity contribution is 0.0949. The topological polar surface area (TPSA) is 97.1 Å². The van der Waals surface area contributed by atoms with E-state index in [0.29, 0.717) is 0 Å². The van der Waals surface area contributed by atoms with E-state index in [1.807, 2.05) is 0 Å². The molecule has 0 unspecified atom stereocenters. The first-order valence-corrected chi connectivity index (χ1v) is 4.91. The van der Waals surface area contributed by atoms with Gasteiger partial charge in [-0.2, -0.15) is 0 Å². The smallest absolute Gasteiger partial charge is 0.312 e. The van der Waals surface area contributed by atoms with Crippen LogP contribution >= 0.6 is 11.6 Å². The third-order valence-electron chi connectivity index (χ3n) is 1.66. The summed E-state index contributed by atoms with van der Waals surface area (Å²) in [7, 11) is 0. The molecule has 1 aromatic rings. The fourth-order valence-electron chi connectivity index (χ4n) is 0.987. The number of amides is 3. The largest absolute Gasteiger partial charge is 0.352 e. The Kier molecular flexibility index (Phi) is 4.53. The number of carbonyl (C=O) groups is 2. The maximum absolute atomic E-state index is 11.5. The van der Waals surface area contributed by atoms with Gasteiger partial charge in [0.25, 0.3) is 5.91 Å². The summed E-state index contributed by atoms with van der Waals surface area (Å²) in [5.74, 6) is -0.353. The van der Waals surface area contributed by atoms with Gasteiger partial charge in [0.05, 0.1) is 0 Å². The number of pyridine rings is 1. The summed E-state index contributed by atoms with van der Waals surface area (Å²) in [5.41, 5.74) is 5.08. The number of aromatic nitrogens is 1. The van der Waals surface area contributed by atoms with Gasteiger partial charge in [-0.15, -0.1) is 0 Å². The summed E-state index contributed by atoms with van der Waals surface area (Å²) in [6, 6.07) is 4.12. The Morgan fingerprint density at radius 1 is 1.31 bits per heavy atom. The van der Waals surface area contributed by atoms with Gasteiger partial charge in [-0.3, -0.25) is 4.79 Å². The normalized spacial score (nSPS) is 9.56. The van der Waals surface area contributed by atoms with Crippen molar-refractivity contribution in [2.75, 3.05) is 13.1 Å². The zero-order chi connectivity index (χ0) is 12.0. The Balaban J connectivity index is 2.38. The molecule has 6 nitrogen and oxygen atoms in total. The van der Waals surface area contributed by atoms with Crippen molar-refractivity contribution < 1.29 is 9.59 Å². The van der Waals surface area contributed by atoms with Crippen LogP contribution in [0.5, 0.6) is 0 Å². The molecule has 0 fully saturated rings. The number of nitrogens with zero attached hydrogens (tertiary/aromatic N) is 1. The van der Waals surface area contributed by atoms with E-state index >= 15 is 0 Å². The quantitative estimate of drug-likeness (QED) is 0.517. The average Bonchev–Trinajstić information content (AvgIpc) is 2.24. The van der Waals surface area contributed by atoms with Crippen molar-refractivity contribution in [1.29, 1.82) is 0 Å². The zero-order valence-corrected chi connectivity index (χ0v) is 9.12. The molecule has 0 spiro atoms. The van der Waals surface area contributed by atoms with Crippen LogP contribution < -0.4 is 16.4 Å². The number of nitrogens with one attached hydrogen (secondary N) is 2. The maximum atomic E-state index is 11.5. The molecule has 0 aliphatic carbocycles. The number of carbonyl (C=O) groups excluding carboxylic acids is 2. The van der Waals surface area contributed by atoms with E-state index in [4.69, 9.17) is 17.3 Å². The highest BCUT2D eigenvalue weighted by atomic mass is 35.5. The number of hydrogen-bond donors (Lipinski definition) is 3. The monoisotopic (exact) mass is 242 g/mol. The highest BCUT2D eigenvalue weighted by Gasteiger charge is 2.06. The Bertz CT molecular complexity index is 397. The highest BCUT2D eigenvalue weighted by Crippen LogP contribution is 2.04. The van der Waals surface area contributed by atoms with Crippen molar-refractivity contribution in [2.45, 2.75) is 0 Å². The van der Waals surface area contributed by atoms with Crippen LogP contribution in [0, 0.1) is 0 Å². The van der Waals surface area contributed by atoms with Gasteiger partial charge in [0.2, 0.25) is 0 Å². The lowest BCUT2D eigenvalue weighted by Gasteiger charge is -2.04. The fraction of sp³-hybridized carbons (Fsp3) is 0.222. The van der Waals surface area contributed by atoms with E-state index in [2.05, 4.69) is 15.6 Å². The second-order valence-electron chi connectivity index (χ2n) is 2.89. The molecule has 1 rings (SSSR count). The van der Waals surface area contributed by atoms with Gasteiger partial charge in [0.15, 0.2) is 0 Å². The average molecular weight is 243 g/mol. The molecule has 7 heteroatoms. The molecule has 0 saturated heterocycles. The molecule has 1 aromatic heterocycles. The first-order valence-electron chi connectivity index (χ1n) is 4.53. The number of hydrogen-bond acceptors (Lipinski definition) is 3. The molecule has 0 atom stereocenters. The summed E-state index contributed by atoms with van der Waals surface area (Å²) in [5, 5.41) is 5.15. The van der Waals surface area contributed by atoms with Crippen molar-refractivity contribution >= 4 is 23.5 Å². The van der Waals surface area contributed by atoms with Crippen LogP contribution in [0.15, 0.2) is 18.2 Å². The van der Waals surface area contributed by atoms with Crippen LogP contribution in [0.4, 0.5) is 4.79 Å². The van der Waals surface area contributed by atoms with Gasteiger partial charge in [-0.05, 0) is 12.1 Å². The molecule has 16 heavy (non-hydrogen) atoms. The summed E-state index contributed by atoms with van der Waals surface area (Å²) in [4.78, 5) is 25.6. The van der Waals surface area contributed by atoms with Gasteiger partial charge in [-0.25, -0.2) is 9.78 Å². The maximum Gasteiger partial charge on any atom is 0.312 e. The SMILES string of the molecule is NC(=O)NCCNC(=O)c1cccc(Cl)n1. The number of nitrogens with two attached hydrogens (primary N) is 1. The molecule has 0 saturated carbocycles. The summed E-state index contributed by atoms with van der Waals surface area (Å²) < 4.78 is 0. The van der Waals surface area contributed by atoms with Crippen LogP contribution in [0.25, 0.3) is 0 Å². The first-order chi connectivity index (χ1) is 7.59. The minimum absolute atomic E-state index is 0.228. The summed E-state index contributed by atoms with van der Waals surface area (Å²) >= 11 is 5.63. The van der Waals surface area contributed by atoms with Crippen molar-refractivity contribution in [3.05, 3.63) is 29.0 Å². The Morgan fingerprint density at radius 3 is 2.62 bits per heavy atom. The molecule has 0 bridgehead atoms. The van der Waals surface area contributed by atoms with Crippen molar-refractivity contribution in [3.63, 3.8) is 0 Å². The summed E-state index contributed by atoms with van der Waals surface area (Å²) in [6.45, 7) is 0.539. The van der Waals surface area contributed by atoms with Gasteiger partial charge >= 0.3 is 6.03 Å². The minimum atomic E-state index is -0.630. The number of rotatable bonds is 4. The lowest BCUT2D eigenvalue weighted by Crippen LogP contribution is -2.37. The van der Waals surface area contributed by atoms with E-state index in [0.717, 1.165) is 0 Å². The number of primary amides is 1. The van der Waals surface area contributed by atoms with E-state index in [1.165, 1.54) is 0 Å². The van der Waals surface area contributed by atoms with Crippen LogP contribution in [0.1, 0.15) is 10.5 Å². The molecule has 86 valence electrons. The van der Waals surface area contributed by atoms with E-state index in [1.54, 1.807) is 18.2 Å². The Hall–Kier alpha value is -1.82. The van der Waals surface area contributed by atoms with Crippen LogP contribution in [-0.4, -0.2) is 30.0 Å². The molecule has 0 aliphatic rings. The Morgan fingerprint density at radius 2 is 2.00 bits per heavy atom. The van der Waals surface area contributed by atoms with Crippen LogP contribution in [0.3, 0.4) is 0 Å². The minimum Gasteiger partial charge on any atom is -0.352 e. The van der Waals surface area contributed by atoms with Crippen molar-refractivity contribution in [1.82, 2.24) is 15.6 Å². The molecular formula is C9H11ClN4O2. The first kappa shape index (κ1) is 12.3. The molecule has 0 aliphatic heterocycles. The molecule has 0 radical (unpaired) electrons. The number of urea groups is 1. The van der Waals surface area contributed by atoms with Gasteiger partial charge < -0.3 is 16.4 Å². The number of halogens is 1. The standard InChI is InChI=1S/C9H11ClN4O2/c10-7-3-1-2-6(14-7)8(15)12-4-5-13-9(11)16/h1-3H,4-5H2,(H,12,15)(H3,11,13,16). The second-order valence-corrected chi connectivity index (χ2v) is 3.28. The van der Waals surface area contributed by atoms with Crippen LogP contribution in [-0.2, 0) is 0 Å². The molecule has 0 aromatic carbocycles. The van der Waals surface area contributed by atoms with Gasteiger partial charge in [0, 0.05) is 13.1 Å². The third-order valence-corrected chi connectivity index (χ3v) is 1.87. The van der Waals surface area contributed by atoms with E-state index < -0.39 is 6.03 Å². The van der Waals surface area contributed by atoms with E-state index in [-0.39, 0.29) is 29.8 Å². The third kappa shape index (κ3) is 4.14. The second kappa shape index (κ2) is 5.92. The van der Waals surface area contributed by atoms with Crippen molar-refractivity contribution in [2.24, 2.45) is 5.73 Å². The highest BCUT2D eigenvalue weighted by molar-refractivity contribution is 6.29.